The van der Waals surface area contributed by atoms with Crippen LogP contribution in [-0.2, 0) is 0 Å². The number of ether oxygens (including phenoxy) is 1. The van der Waals surface area contributed by atoms with Crippen LogP contribution < -0.4 is 9.46 Å². The number of hydrogen-bond donors (Lipinski definition) is 1. The molecule has 3 nitrogen and oxygen atoms in total. The molecule has 0 aromatic heterocycles. The van der Waals surface area contributed by atoms with Gasteiger partial charge in [-0.2, -0.15) is 0 Å². The van der Waals surface area contributed by atoms with E-state index in [4.69, 9.17) is 16.3 Å². The molecule has 1 amide bonds. The SMILES string of the molecule is CC1CC(COc2cc(F)c(C(=O)NSC3CC3)cc2Cl)CC1(F)F. The Morgan fingerprint density at radius 1 is 1.44 bits per heavy atom. The fraction of sp³-hybridized carbons (Fsp3) is 0.588. The summed E-state index contributed by atoms with van der Waals surface area (Å²) in [6.07, 6.45) is 2.19. The lowest BCUT2D eigenvalue weighted by Crippen LogP contribution is -2.19. The molecule has 1 N–H and O–H groups in total. The first-order chi connectivity index (χ1) is 11.8. The van der Waals surface area contributed by atoms with Crippen molar-refractivity contribution in [3.05, 3.63) is 28.5 Å². The van der Waals surface area contributed by atoms with E-state index in [1.807, 2.05) is 0 Å². The molecule has 0 aliphatic heterocycles. The Balaban J connectivity index is 1.60. The molecule has 2 aliphatic rings. The summed E-state index contributed by atoms with van der Waals surface area (Å²) in [6, 6.07) is 2.25. The Morgan fingerprint density at radius 2 is 2.16 bits per heavy atom. The van der Waals surface area contributed by atoms with Crippen LogP contribution in [0.5, 0.6) is 5.75 Å². The van der Waals surface area contributed by atoms with E-state index in [0.717, 1.165) is 18.9 Å². The van der Waals surface area contributed by atoms with E-state index < -0.39 is 23.6 Å². The van der Waals surface area contributed by atoms with Crippen molar-refractivity contribution < 1.29 is 22.7 Å². The van der Waals surface area contributed by atoms with E-state index in [1.54, 1.807) is 0 Å². The van der Waals surface area contributed by atoms with E-state index >= 15 is 0 Å². The van der Waals surface area contributed by atoms with Crippen molar-refractivity contribution in [1.82, 2.24) is 4.72 Å². The summed E-state index contributed by atoms with van der Waals surface area (Å²) in [5, 5.41) is 0.484. The lowest BCUT2D eigenvalue weighted by Gasteiger charge is -2.14. The van der Waals surface area contributed by atoms with Gasteiger partial charge in [-0.15, -0.1) is 0 Å². The summed E-state index contributed by atoms with van der Waals surface area (Å²) in [7, 11) is 0. The summed E-state index contributed by atoms with van der Waals surface area (Å²) >= 11 is 7.34. The predicted octanol–water partition coefficient (Wildman–Crippen LogP) is 5.08. The van der Waals surface area contributed by atoms with Crippen molar-refractivity contribution in [2.75, 3.05) is 6.61 Å². The van der Waals surface area contributed by atoms with Gasteiger partial charge in [0.05, 0.1) is 17.2 Å². The van der Waals surface area contributed by atoms with Gasteiger partial charge >= 0.3 is 0 Å². The summed E-state index contributed by atoms with van der Waals surface area (Å²) in [6.45, 7) is 1.56. The average molecular weight is 394 g/mol. The largest absolute Gasteiger partial charge is 0.492 e. The number of nitrogens with one attached hydrogen (secondary N) is 1. The number of benzene rings is 1. The van der Waals surface area contributed by atoms with Gasteiger partial charge in [0.1, 0.15) is 11.6 Å². The minimum atomic E-state index is -2.69. The molecule has 2 aliphatic carbocycles. The molecular weight excluding hydrogens is 375 g/mol. The van der Waals surface area contributed by atoms with E-state index in [9.17, 15) is 18.0 Å². The molecule has 2 fully saturated rings. The fourth-order valence-electron chi connectivity index (χ4n) is 2.87. The molecule has 8 heteroatoms. The minimum Gasteiger partial charge on any atom is -0.492 e. The van der Waals surface area contributed by atoms with Crippen LogP contribution in [0.4, 0.5) is 13.2 Å². The molecule has 1 aromatic carbocycles. The smallest absolute Gasteiger partial charge is 0.264 e. The van der Waals surface area contributed by atoms with Gasteiger partial charge in [0.25, 0.3) is 11.8 Å². The molecule has 25 heavy (non-hydrogen) atoms. The van der Waals surface area contributed by atoms with Gasteiger partial charge in [0.2, 0.25) is 0 Å². The second-order valence-electron chi connectivity index (χ2n) is 6.79. The summed E-state index contributed by atoms with van der Waals surface area (Å²) < 4.78 is 49.3. The quantitative estimate of drug-likeness (QED) is 0.685. The van der Waals surface area contributed by atoms with Crippen molar-refractivity contribution in [1.29, 1.82) is 0 Å². The second-order valence-corrected chi connectivity index (χ2v) is 8.30. The topological polar surface area (TPSA) is 38.3 Å². The van der Waals surface area contributed by atoms with Crippen LogP contribution in [0.25, 0.3) is 0 Å². The zero-order chi connectivity index (χ0) is 18.2. The van der Waals surface area contributed by atoms with Gasteiger partial charge in [-0.3, -0.25) is 9.52 Å². The Labute approximate surface area is 153 Å². The first-order valence-corrected chi connectivity index (χ1v) is 9.47. The first kappa shape index (κ1) is 18.7. The van der Waals surface area contributed by atoms with Crippen LogP contribution in [0.1, 0.15) is 43.0 Å². The third kappa shape index (κ3) is 4.56. The standard InChI is InChI=1S/C17H19ClF3NO2S/c1-9-4-10(7-17(9,20)21)8-24-15-6-14(19)12(5-13(15)18)16(23)22-25-11-2-3-11/h5-6,9-11H,2-4,7-8H2,1H3,(H,22,23). The van der Waals surface area contributed by atoms with Crippen molar-refractivity contribution in [3.63, 3.8) is 0 Å². The zero-order valence-corrected chi connectivity index (χ0v) is 15.2. The number of alkyl halides is 2. The van der Waals surface area contributed by atoms with Crippen LogP contribution in [0.15, 0.2) is 12.1 Å². The number of halogens is 4. The highest BCUT2D eigenvalue weighted by Gasteiger charge is 2.46. The van der Waals surface area contributed by atoms with E-state index in [0.29, 0.717) is 11.7 Å². The highest BCUT2D eigenvalue weighted by atomic mass is 35.5. The van der Waals surface area contributed by atoms with Crippen LogP contribution in [0.3, 0.4) is 0 Å². The molecule has 0 radical (unpaired) electrons. The van der Waals surface area contributed by atoms with Crippen LogP contribution in [-0.4, -0.2) is 23.7 Å². The summed E-state index contributed by atoms with van der Waals surface area (Å²) in [5.74, 6) is -4.92. The van der Waals surface area contributed by atoms with Gasteiger partial charge < -0.3 is 4.74 Å². The second kappa shape index (κ2) is 7.27. The van der Waals surface area contributed by atoms with Crippen LogP contribution in [0.2, 0.25) is 5.02 Å². The number of rotatable bonds is 6. The monoisotopic (exact) mass is 393 g/mol. The Hall–Kier alpha value is -1.08. The molecule has 1 aromatic rings. The molecule has 0 heterocycles. The highest BCUT2D eigenvalue weighted by molar-refractivity contribution is 7.98. The number of carbonyl (C=O) groups is 1. The normalized spacial score (nSPS) is 25.0. The van der Waals surface area contributed by atoms with Crippen LogP contribution >= 0.6 is 23.5 Å². The third-order valence-electron chi connectivity index (χ3n) is 4.55. The molecule has 138 valence electrons. The maximum atomic E-state index is 14.2. The predicted molar refractivity (Wildman–Crippen MR) is 91.8 cm³/mol. The van der Waals surface area contributed by atoms with Gasteiger partial charge in [0.15, 0.2) is 0 Å². The number of amides is 1. The molecule has 0 spiro atoms. The Kier molecular flexibility index (Phi) is 5.44. The lowest BCUT2D eigenvalue weighted by atomic mass is 10.1. The zero-order valence-electron chi connectivity index (χ0n) is 13.7. The molecule has 3 rings (SSSR count). The number of carbonyl (C=O) groups excluding carboxylic acids is 1. The maximum absolute atomic E-state index is 14.2. The summed E-state index contributed by atoms with van der Waals surface area (Å²) in [5.41, 5.74) is -0.161. The molecule has 2 unspecified atom stereocenters. The van der Waals surface area contributed by atoms with Gasteiger partial charge in [-0.05, 0) is 43.2 Å². The minimum absolute atomic E-state index is 0.0438. The van der Waals surface area contributed by atoms with Crippen molar-refractivity contribution in [2.45, 2.75) is 43.8 Å². The summed E-state index contributed by atoms with van der Waals surface area (Å²) in [4.78, 5) is 12.0. The van der Waals surface area contributed by atoms with Gasteiger partial charge in [-0.1, -0.05) is 18.5 Å². The van der Waals surface area contributed by atoms with E-state index in [1.165, 1.54) is 24.9 Å². The third-order valence-corrected chi connectivity index (χ3v) is 5.96. The maximum Gasteiger partial charge on any atom is 0.264 e. The van der Waals surface area contributed by atoms with Crippen molar-refractivity contribution in [2.24, 2.45) is 11.8 Å². The average Bonchev–Trinajstić information content (AvgIpc) is 3.32. The van der Waals surface area contributed by atoms with Gasteiger partial charge in [0, 0.05) is 23.7 Å². The highest BCUT2D eigenvalue weighted by Crippen LogP contribution is 2.44. The van der Waals surface area contributed by atoms with Gasteiger partial charge in [-0.25, -0.2) is 13.2 Å². The molecule has 2 atom stereocenters. The van der Waals surface area contributed by atoms with Crippen LogP contribution in [0, 0.1) is 17.7 Å². The van der Waals surface area contributed by atoms with E-state index in [2.05, 4.69) is 4.72 Å². The van der Waals surface area contributed by atoms with Crippen molar-refractivity contribution >= 4 is 29.5 Å². The van der Waals surface area contributed by atoms with Crippen molar-refractivity contribution in [3.8, 4) is 5.75 Å². The number of hydrogen-bond acceptors (Lipinski definition) is 3. The Morgan fingerprint density at radius 3 is 2.76 bits per heavy atom. The molecule has 2 saturated carbocycles. The first-order valence-electron chi connectivity index (χ1n) is 8.22. The molecule has 0 saturated heterocycles. The lowest BCUT2D eigenvalue weighted by molar-refractivity contribution is -0.0331. The molecule has 0 bridgehead atoms. The fourth-order valence-corrected chi connectivity index (χ4v) is 3.84. The molecular formula is C17H19ClF3NO2S. The Bertz CT molecular complexity index is 670. The van der Waals surface area contributed by atoms with E-state index in [-0.39, 0.29) is 35.3 Å².